The van der Waals surface area contributed by atoms with Gasteiger partial charge in [-0.15, -0.1) is 0 Å². The molecular formula is C62H38N2. The van der Waals surface area contributed by atoms with E-state index in [0.717, 1.165) is 44.4 Å². The van der Waals surface area contributed by atoms with Crippen LogP contribution in [0.25, 0.3) is 105 Å². The molecule has 0 N–H and O–H groups in total. The molecule has 296 valence electrons. The van der Waals surface area contributed by atoms with E-state index in [2.05, 4.69) is 235 Å². The van der Waals surface area contributed by atoms with Crippen LogP contribution in [0.1, 0.15) is 22.3 Å². The topological polar surface area (TPSA) is 17.8 Å². The van der Waals surface area contributed by atoms with Gasteiger partial charge in [0.25, 0.3) is 0 Å². The van der Waals surface area contributed by atoms with Gasteiger partial charge in [-0.05, 0) is 85.5 Å². The highest BCUT2D eigenvalue weighted by atomic mass is 15.0. The normalized spacial score (nSPS) is 13.1. The zero-order valence-electron chi connectivity index (χ0n) is 34.8. The van der Waals surface area contributed by atoms with Crippen molar-refractivity contribution >= 4 is 43.5 Å². The Kier molecular flexibility index (Phi) is 7.35. The molecule has 0 bridgehead atoms. The molecule has 2 aromatic heterocycles. The van der Waals surface area contributed by atoms with Crippen molar-refractivity contribution < 1.29 is 0 Å². The highest BCUT2D eigenvalue weighted by molar-refractivity contribution is 6.28. The molecule has 10 aromatic carbocycles. The monoisotopic (exact) mass is 810 g/mol. The number of hydrogen-bond acceptors (Lipinski definition) is 1. The molecule has 2 aliphatic rings. The van der Waals surface area contributed by atoms with E-state index >= 15 is 0 Å². The van der Waals surface area contributed by atoms with E-state index in [1.54, 1.807) is 0 Å². The van der Waals surface area contributed by atoms with Gasteiger partial charge in [0, 0.05) is 43.7 Å². The van der Waals surface area contributed by atoms with Gasteiger partial charge in [0.05, 0.1) is 27.7 Å². The highest BCUT2D eigenvalue weighted by Gasteiger charge is 2.51. The standard InChI is InChI=1S/C62H38N2/c1-3-16-41(17-4-1)59-52-37-36-50-49-23-10-14-29-57(49)64(43-18-5-2-6-19-43)61(50)58(52)51-25-15-24-44(60(51)63-59)40-32-30-39(31-33-40)42-34-35-48-47-22-9-13-28-55(47)62(56(48)38-42)53-26-11-7-20-45(53)46-21-8-12-27-54(46)62/h1-38H. The molecule has 0 saturated carbocycles. The van der Waals surface area contributed by atoms with E-state index in [1.165, 1.54) is 82.8 Å². The molecule has 2 nitrogen and oxygen atoms in total. The second kappa shape index (κ2) is 13.3. The molecule has 2 heterocycles. The van der Waals surface area contributed by atoms with Gasteiger partial charge in [-0.25, -0.2) is 4.98 Å². The second-order valence-corrected chi connectivity index (χ2v) is 17.3. The minimum absolute atomic E-state index is 0.374. The summed E-state index contributed by atoms with van der Waals surface area (Å²) in [5, 5.41) is 5.97. The molecule has 0 unspecified atom stereocenters. The van der Waals surface area contributed by atoms with Crippen molar-refractivity contribution in [2.24, 2.45) is 0 Å². The summed E-state index contributed by atoms with van der Waals surface area (Å²) in [6.07, 6.45) is 0. The van der Waals surface area contributed by atoms with Crippen molar-refractivity contribution in [1.29, 1.82) is 0 Å². The van der Waals surface area contributed by atoms with Crippen molar-refractivity contribution in [3.05, 3.63) is 253 Å². The van der Waals surface area contributed by atoms with Crippen LogP contribution in [0.5, 0.6) is 0 Å². The van der Waals surface area contributed by atoms with Gasteiger partial charge in [0.2, 0.25) is 0 Å². The lowest BCUT2D eigenvalue weighted by Gasteiger charge is -2.30. The van der Waals surface area contributed by atoms with Gasteiger partial charge in [-0.2, -0.15) is 0 Å². The Bertz CT molecular complexity index is 3810. The Hall–Kier alpha value is -8.33. The van der Waals surface area contributed by atoms with E-state index in [9.17, 15) is 0 Å². The van der Waals surface area contributed by atoms with Crippen LogP contribution in [0.15, 0.2) is 231 Å². The van der Waals surface area contributed by atoms with Crippen LogP contribution >= 0.6 is 0 Å². The molecule has 0 fully saturated rings. The Morgan fingerprint density at radius 1 is 0.328 bits per heavy atom. The molecule has 64 heavy (non-hydrogen) atoms. The van der Waals surface area contributed by atoms with Crippen LogP contribution in [-0.2, 0) is 5.41 Å². The molecule has 0 saturated heterocycles. The average Bonchev–Trinajstić information content (AvgIpc) is 3.98. The number of pyridine rings is 1. The SMILES string of the molecule is c1ccc(-c2nc3c(-c4ccc(-c5ccc6c(c5)C5(c7ccccc7-c7ccccc75)c5ccccc5-6)cc4)cccc3c3c2ccc2c4ccccc4n(-c4ccccc4)c23)cc1. The number of fused-ring (bicyclic) bond motifs is 17. The minimum Gasteiger partial charge on any atom is -0.309 e. The van der Waals surface area contributed by atoms with Crippen LogP contribution in [-0.4, -0.2) is 9.55 Å². The van der Waals surface area contributed by atoms with Gasteiger partial charge in [0.15, 0.2) is 0 Å². The highest BCUT2D eigenvalue weighted by Crippen LogP contribution is 2.63. The Labute approximate surface area is 371 Å². The maximum Gasteiger partial charge on any atom is 0.0795 e. The van der Waals surface area contributed by atoms with E-state index < -0.39 is 0 Å². The Morgan fingerprint density at radius 3 is 1.56 bits per heavy atom. The lowest BCUT2D eigenvalue weighted by molar-refractivity contribution is 0.794. The lowest BCUT2D eigenvalue weighted by Crippen LogP contribution is -2.25. The number of benzene rings is 10. The third-order valence-corrected chi connectivity index (χ3v) is 14.2. The molecule has 0 amide bonds. The number of aromatic nitrogens is 2. The smallest absolute Gasteiger partial charge is 0.0795 e. The summed E-state index contributed by atoms with van der Waals surface area (Å²) >= 11 is 0. The third kappa shape index (κ3) is 4.72. The van der Waals surface area contributed by atoms with Gasteiger partial charge < -0.3 is 4.57 Å². The van der Waals surface area contributed by atoms with E-state index in [1.807, 2.05) is 0 Å². The maximum absolute atomic E-state index is 5.62. The van der Waals surface area contributed by atoms with Crippen LogP contribution in [0.3, 0.4) is 0 Å². The Morgan fingerprint density at radius 2 is 0.859 bits per heavy atom. The van der Waals surface area contributed by atoms with Crippen LogP contribution in [0, 0.1) is 0 Å². The summed E-state index contributed by atoms with van der Waals surface area (Å²) < 4.78 is 2.45. The fourth-order valence-electron chi connectivity index (χ4n) is 11.6. The van der Waals surface area contributed by atoms with Crippen molar-refractivity contribution in [2.45, 2.75) is 5.41 Å². The molecule has 2 aliphatic carbocycles. The van der Waals surface area contributed by atoms with Gasteiger partial charge in [0.1, 0.15) is 0 Å². The predicted octanol–water partition coefficient (Wildman–Crippen LogP) is 15.8. The summed E-state index contributed by atoms with van der Waals surface area (Å²) in [5.41, 5.74) is 21.6. The fraction of sp³-hybridized carbons (Fsp3) is 0.0161. The summed E-state index contributed by atoms with van der Waals surface area (Å²) in [6, 6.07) is 84.9. The molecule has 1 spiro atoms. The molecular weight excluding hydrogens is 773 g/mol. The van der Waals surface area contributed by atoms with E-state index in [-0.39, 0.29) is 5.41 Å². The third-order valence-electron chi connectivity index (χ3n) is 14.2. The second-order valence-electron chi connectivity index (χ2n) is 17.3. The van der Waals surface area contributed by atoms with Crippen molar-refractivity contribution in [2.75, 3.05) is 0 Å². The van der Waals surface area contributed by atoms with Crippen LogP contribution < -0.4 is 0 Å². The zero-order chi connectivity index (χ0) is 41.9. The molecule has 0 radical (unpaired) electrons. The van der Waals surface area contributed by atoms with Crippen molar-refractivity contribution in [3.63, 3.8) is 0 Å². The first kappa shape index (κ1) is 35.3. The first-order chi connectivity index (χ1) is 31.8. The van der Waals surface area contributed by atoms with Crippen molar-refractivity contribution in [3.8, 4) is 61.5 Å². The lowest BCUT2D eigenvalue weighted by atomic mass is 9.70. The molecule has 14 rings (SSSR count). The van der Waals surface area contributed by atoms with Crippen molar-refractivity contribution in [1.82, 2.24) is 9.55 Å². The molecule has 0 aliphatic heterocycles. The average molecular weight is 811 g/mol. The predicted molar refractivity (Wildman–Crippen MR) is 266 cm³/mol. The zero-order valence-corrected chi connectivity index (χ0v) is 34.8. The number of hydrogen-bond donors (Lipinski definition) is 0. The number of para-hydroxylation sites is 3. The molecule has 12 aromatic rings. The van der Waals surface area contributed by atoms with Gasteiger partial charge in [-0.3, -0.25) is 0 Å². The summed E-state index contributed by atoms with van der Waals surface area (Å²) in [5.74, 6) is 0. The van der Waals surface area contributed by atoms with E-state index in [4.69, 9.17) is 4.98 Å². The quantitative estimate of drug-likeness (QED) is 0.162. The summed E-state index contributed by atoms with van der Waals surface area (Å²) in [6.45, 7) is 0. The van der Waals surface area contributed by atoms with Crippen LogP contribution in [0.2, 0.25) is 0 Å². The maximum atomic E-state index is 5.62. The van der Waals surface area contributed by atoms with Gasteiger partial charge >= 0.3 is 0 Å². The molecule has 0 atom stereocenters. The summed E-state index contributed by atoms with van der Waals surface area (Å²) in [4.78, 5) is 5.62. The first-order valence-corrected chi connectivity index (χ1v) is 22.2. The Balaban J connectivity index is 0.971. The fourth-order valence-corrected chi connectivity index (χ4v) is 11.6. The number of rotatable bonds is 4. The van der Waals surface area contributed by atoms with Crippen LogP contribution in [0.4, 0.5) is 0 Å². The molecule has 2 heteroatoms. The van der Waals surface area contributed by atoms with Gasteiger partial charge in [-0.1, -0.05) is 206 Å². The summed E-state index contributed by atoms with van der Waals surface area (Å²) in [7, 11) is 0. The number of nitrogens with zero attached hydrogens (tertiary/aromatic N) is 2. The minimum atomic E-state index is -0.374. The first-order valence-electron chi connectivity index (χ1n) is 22.2. The van der Waals surface area contributed by atoms with E-state index in [0.29, 0.717) is 0 Å². The largest absolute Gasteiger partial charge is 0.309 e.